The van der Waals surface area contributed by atoms with Crippen molar-refractivity contribution in [2.75, 3.05) is 0 Å². The van der Waals surface area contributed by atoms with Gasteiger partial charge >= 0.3 is 6.36 Å². The highest BCUT2D eigenvalue weighted by molar-refractivity contribution is 7.89. The molecule has 2 aromatic carbocycles. The molecule has 0 radical (unpaired) electrons. The molecule has 0 saturated heterocycles. The quantitative estimate of drug-likeness (QED) is 0.623. The van der Waals surface area contributed by atoms with Gasteiger partial charge < -0.3 is 9.26 Å². The maximum atomic E-state index is 14.3. The molecule has 0 unspecified atom stereocenters. The van der Waals surface area contributed by atoms with Crippen LogP contribution in [0.5, 0.6) is 5.75 Å². The molecule has 0 aliphatic carbocycles. The number of hydrogen-bond donors (Lipinski definition) is 1. The lowest BCUT2D eigenvalue weighted by molar-refractivity contribution is -0.274. The van der Waals surface area contributed by atoms with Crippen LogP contribution in [0.3, 0.4) is 0 Å². The molecule has 3 rings (SSSR count). The van der Waals surface area contributed by atoms with Crippen LogP contribution >= 0.6 is 0 Å². The minimum absolute atomic E-state index is 0.251. The summed E-state index contributed by atoms with van der Waals surface area (Å²) in [5.74, 6) is -1.15. The van der Waals surface area contributed by atoms with E-state index in [2.05, 4.69) is 9.89 Å². The van der Waals surface area contributed by atoms with Gasteiger partial charge in [0.25, 0.3) is 0 Å². The van der Waals surface area contributed by atoms with E-state index in [1.54, 1.807) is 13.8 Å². The molecule has 0 saturated carbocycles. The number of hydrogen-bond acceptors (Lipinski definition) is 5. The standard InChI is InChI=1S/C18H14F4N2O4S/c1-9-7-12(27-18(20,21)22)4-5-13(9)17-16(10(2)28-24-17)11-3-6-15(14(19)8-11)29(23,25)26/h3-8H,1-2H3,(H2,23,25,26). The first-order valence-corrected chi connectivity index (χ1v) is 9.57. The number of aromatic nitrogens is 1. The van der Waals surface area contributed by atoms with Gasteiger partial charge in [-0.05, 0) is 55.3 Å². The van der Waals surface area contributed by atoms with Gasteiger partial charge in [0.1, 0.15) is 27.9 Å². The number of primary sulfonamides is 1. The van der Waals surface area contributed by atoms with Gasteiger partial charge in [0, 0.05) is 5.56 Å². The second kappa shape index (κ2) is 7.16. The minimum Gasteiger partial charge on any atom is -0.406 e. The molecule has 0 aliphatic heterocycles. The average Bonchev–Trinajstić information content (AvgIpc) is 2.93. The van der Waals surface area contributed by atoms with Crippen molar-refractivity contribution >= 4 is 10.0 Å². The lowest BCUT2D eigenvalue weighted by Crippen LogP contribution is -2.17. The number of benzene rings is 2. The van der Waals surface area contributed by atoms with Gasteiger partial charge in [-0.1, -0.05) is 11.2 Å². The average molecular weight is 430 g/mol. The fourth-order valence-electron chi connectivity index (χ4n) is 2.88. The number of aryl methyl sites for hydroxylation is 2. The van der Waals surface area contributed by atoms with Crippen LogP contribution in [0.4, 0.5) is 17.6 Å². The molecule has 2 N–H and O–H groups in total. The van der Waals surface area contributed by atoms with E-state index in [-0.39, 0.29) is 11.3 Å². The fourth-order valence-corrected chi connectivity index (χ4v) is 3.47. The maximum Gasteiger partial charge on any atom is 0.573 e. The summed E-state index contributed by atoms with van der Waals surface area (Å²) >= 11 is 0. The molecule has 0 fully saturated rings. The van der Waals surface area contributed by atoms with Crippen LogP contribution in [0, 0.1) is 19.7 Å². The largest absolute Gasteiger partial charge is 0.573 e. The second-order valence-electron chi connectivity index (χ2n) is 6.18. The monoisotopic (exact) mass is 430 g/mol. The summed E-state index contributed by atoms with van der Waals surface area (Å²) < 4.78 is 83.3. The van der Waals surface area contributed by atoms with Crippen molar-refractivity contribution in [2.24, 2.45) is 5.14 Å². The summed E-state index contributed by atoms with van der Waals surface area (Å²) in [5.41, 5.74) is 1.71. The van der Waals surface area contributed by atoms with E-state index in [1.807, 2.05) is 0 Å². The van der Waals surface area contributed by atoms with Crippen molar-refractivity contribution in [1.82, 2.24) is 5.16 Å². The first-order valence-electron chi connectivity index (χ1n) is 8.02. The van der Waals surface area contributed by atoms with Crippen LogP contribution in [-0.4, -0.2) is 19.9 Å². The van der Waals surface area contributed by atoms with Crippen molar-refractivity contribution in [3.8, 4) is 28.1 Å². The molecule has 11 heteroatoms. The summed E-state index contributed by atoms with van der Waals surface area (Å²) in [6.45, 7) is 3.12. The van der Waals surface area contributed by atoms with Crippen LogP contribution in [0.2, 0.25) is 0 Å². The summed E-state index contributed by atoms with van der Waals surface area (Å²) in [7, 11) is -4.24. The van der Waals surface area contributed by atoms with Crippen molar-refractivity contribution in [2.45, 2.75) is 25.1 Å². The fraction of sp³-hybridized carbons (Fsp3) is 0.167. The number of alkyl halides is 3. The number of nitrogens with two attached hydrogens (primary N) is 1. The molecular formula is C18H14F4N2O4S. The van der Waals surface area contributed by atoms with Crippen molar-refractivity contribution in [3.05, 3.63) is 53.5 Å². The summed E-state index contributed by atoms with van der Waals surface area (Å²) in [5, 5.41) is 8.89. The van der Waals surface area contributed by atoms with Crippen molar-refractivity contribution in [3.63, 3.8) is 0 Å². The second-order valence-corrected chi connectivity index (χ2v) is 7.71. The van der Waals surface area contributed by atoms with Gasteiger partial charge in [0.05, 0.1) is 5.56 Å². The number of rotatable bonds is 4. The Morgan fingerprint density at radius 3 is 2.34 bits per heavy atom. The zero-order valence-electron chi connectivity index (χ0n) is 15.0. The summed E-state index contributed by atoms with van der Waals surface area (Å²) in [6.07, 6.45) is -4.83. The van der Waals surface area contributed by atoms with E-state index in [4.69, 9.17) is 9.66 Å². The molecule has 1 aromatic heterocycles. The topological polar surface area (TPSA) is 95.4 Å². The molecule has 3 aromatic rings. The third-order valence-corrected chi connectivity index (χ3v) is 5.02. The van der Waals surface area contributed by atoms with Gasteiger partial charge in [-0.3, -0.25) is 0 Å². The van der Waals surface area contributed by atoms with Crippen LogP contribution in [0.25, 0.3) is 22.4 Å². The van der Waals surface area contributed by atoms with E-state index in [0.29, 0.717) is 22.5 Å². The molecule has 29 heavy (non-hydrogen) atoms. The van der Waals surface area contributed by atoms with Crippen LogP contribution in [-0.2, 0) is 10.0 Å². The SMILES string of the molecule is Cc1cc(OC(F)(F)F)ccc1-c1noc(C)c1-c1ccc(S(N)(=O)=O)c(F)c1. The van der Waals surface area contributed by atoms with Gasteiger partial charge in [0.15, 0.2) is 0 Å². The molecule has 6 nitrogen and oxygen atoms in total. The van der Waals surface area contributed by atoms with Gasteiger partial charge in [-0.25, -0.2) is 17.9 Å². The Hall–Kier alpha value is -2.92. The lowest BCUT2D eigenvalue weighted by atomic mass is 9.96. The van der Waals surface area contributed by atoms with E-state index < -0.39 is 32.8 Å². The van der Waals surface area contributed by atoms with Crippen LogP contribution < -0.4 is 9.88 Å². The van der Waals surface area contributed by atoms with E-state index in [0.717, 1.165) is 18.2 Å². The first kappa shape index (κ1) is 20.8. The maximum absolute atomic E-state index is 14.3. The van der Waals surface area contributed by atoms with Crippen LogP contribution in [0.15, 0.2) is 45.8 Å². The Labute approximate surface area is 162 Å². The van der Waals surface area contributed by atoms with Gasteiger partial charge in [-0.15, -0.1) is 13.2 Å². The van der Waals surface area contributed by atoms with Crippen LogP contribution in [0.1, 0.15) is 11.3 Å². The normalized spacial score (nSPS) is 12.2. The molecule has 1 heterocycles. The molecule has 0 amide bonds. The Morgan fingerprint density at radius 2 is 1.79 bits per heavy atom. The van der Waals surface area contributed by atoms with Crippen molar-refractivity contribution < 1.29 is 35.2 Å². The molecule has 0 atom stereocenters. The van der Waals surface area contributed by atoms with Gasteiger partial charge in [0.2, 0.25) is 10.0 Å². The Morgan fingerprint density at radius 1 is 1.10 bits per heavy atom. The van der Waals surface area contributed by atoms with Crippen molar-refractivity contribution in [1.29, 1.82) is 0 Å². The first-order chi connectivity index (χ1) is 13.4. The van der Waals surface area contributed by atoms with E-state index in [1.165, 1.54) is 18.2 Å². The zero-order valence-corrected chi connectivity index (χ0v) is 15.9. The summed E-state index contributed by atoms with van der Waals surface area (Å²) in [4.78, 5) is -0.665. The number of sulfonamides is 1. The predicted octanol–water partition coefficient (Wildman–Crippen LogP) is 4.31. The molecule has 0 bridgehead atoms. The van der Waals surface area contributed by atoms with E-state index in [9.17, 15) is 26.0 Å². The molecular weight excluding hydrogens is 416 g/mol. The van der Waals surface area contributed by atoms with E-state index >= 15 is 0 Å². The number of nitrogens with zero attached hydrogens (tertiary/aromatic N) is 1. The number of halogens is 4. The molecule has 0 spiro atoms. The Balaban J connectivity index is 2.09. The molecule has 0 aliphatic rings. The smallest absolute Gasteiger partial charge is 0.406 e. The Kier molecular flexibility index (Phi) is 5.13. The highest BCUT2D eigenvalue weighted by Crippen LogP contribution is 2.38. The number of ether oxygens (including phenoxy) is 1. The minimum atomic E-state index is -4.83. The Bertz CT molecular complexity index is 1190. The highest BCUT2D eigenvalue weighted by atomic mass is 32.2. The zero-order chi connectivity index (χ0) is 21.6. The third-order valence-electron chi connectivity index (χ3n) is 4.08. The lowest BCUT2D eigenvalue weighted by Gasteiger charge is -2.12. The highest BCUT2D eigenvalue weighted by Gasteiger charge is 2.31. The summed E-state index contributed by atoms with van der Waals surface area (Å²) in [6, 6.07) is 6.99. The predicted molar refractivity (Wildman–Crippen MR) is 94.9 cm³/mol. The molecule has 154 valence electrons. The third kappa shape index (κ3) is 4.40. The van der Waals surface area contributed by atoms with Gasteiger partial charge in [-0.2, -0.15) is 0 Å².